The van der Waals surface area contributed by atoms with Crippen LogP contribution < -0.4 is 9.64 Å². The lowest BCUT2D eigenvalue weighted by molar-refractivity contribution is -0.511. The van der Waals surface area contributed by atoms with Crippen molar-refractivity contribution in [1.29, 1.82) is 0 Å². The number of allylic oxidation sites excluding steroid dienone is 1. The third kappa shape index (κ3) is 8.81. The highest BCUT2D eigenvalue weighted by molar-refractivity contribution is 7.95. The van der Waals surface area contributed by atoms with Crippen LogP contribution in [0.2, 0.25) is 0 Å². The van der Waals surface area contributed by atoms with Crippen molar-refractivity contribution < 1.29 is 42.0 Å². The van der Waals surface area contributed by atoms with Crippen molar-refractivity contribution in [2.45, 2.75) is 63.9 Å². The molecular formula is C37H47N2O9S2+. The standard InChI is InChI=1S/C37H46N2O9S2/c1-25(2)47-18-16-46-24-39(42)32-22-34(49-36(32)37(40)41)30-20-35-31(21-33(30)48-17-15-45-4)38(29-13-9-6-10-14-29)23-28(19-26(3)50(35,43)44)27-11-7-5-8-12-27/h6,9-10,13-14,19-22,25,27-28H,5,7-8,11-12,15-18,23-24H2,1-4H3/p+1/b26-19+. The Balaban J connectivity index is 1.64. The number of benzene rings is 2. The van der Waals surface area contributed by atoms with Crippen LogP contribution in [0, 0.1) is 16.7 Å². The number of methoxy groups -OCH3 is 1. The summed E-state index contributed by atoms with van der Waals surface area (Å²) in [6, 6.07) is 14.5. The quantitative estimate of drug-likeness (QED) is 0.0934. The number of rotatable bonds is 15. The predicted octanol–water partition coefficient (Wildman–Crippen LogP) is 7.97. The first-order chi connectivity index (χ1) is 24.0. The molecule has 1 N–H and O–H groups in total. The molecule has 2 heterocycles. The fourth-order valence-corrected chi connectivity index (χ4v) is 8.99. The molecule has 1 fully saturated rings. The predicted molar refractivity (Wildman–Crippen MR) is 194 cm³/mol. The lowest BCUT2D eigenvalue weighted by Crippen LogP contribution is -2.32. The first-order valence-corrected chi connectivity index (χ1v) is 19.4. The van der Waals surface area contributed by atoms with Crippen molar-refractivity contribution in [1.82, 2.24) is 0 Å². The average Bonchev–Trinajstić information content (AvgIpc) is 3.56. The van der Waals surface area contributed by atoms with Crippen molar-refractivity contribution in [2.75, 3.05) is 51.7 Å². The zero-order valence-electron chi connectivity index (χ0n) is 29.1. The second kappa shape index (κ2) is 17.1. The lowest BCUT2D eigenvalue weighted by Gasteiger charge is -2.37. The van der Waals surface area contributed by atoms with Gasteiger partial charge in [-0.05, 0) is 63.6 Å². The number of anilines is 2. The number of fused-ring (bicyclic) bond motifs is 1. The smallest absolute Gasteiger partial charge is 0.352 e. The number of nitroso groups, excluding NO2 is 1. The number of para-hydroxylation sites is 1. The molecule has 0 bridgehead atoms. The largest absolute Gasteiger partial charge is 0.490 e. The van der Waals surface area contributed by atoms with Crippen molar-refractivity contribution in [2.24, 2.45) is 11.8 Å². The minimum absolute atomic E-state index is 0.00627. The highest BCUT2D eigenvalue weighted by atomic mass is 32.2. The first kappa shape index (κ1) is 37.6. The summed E-state index contributed by atoms with van der Waals surface area (Å²) in [6.45, 7) is 6.47. The number of carboxylic acids is 1. The molecule has 50 heavy (non-hydrogen) atoms. The molecule has 0 saturated heterocycles. The number of carbonyl (C=O) groups is 1. The van der Waals surface area contributed by atoms with E-state index in [1.807, 2.05) is 50.3 Å². The number of aromatic carboxylic acids is 1. The van der Waals surface area contributed by atoms with Crippen LogP contribution in [0.4, 0.5) is 17.1 Å². The van der Waals surface area contributed by atoms with Gasteiger partial charge in [-0.2, -0.15) is 0 Å². The van der Waals surface area contributed by atoms with E-state index in [9.17, 15) is 23.2 Å². The molecule has 1 aromatic heterocycles. The average molecular weight is 728 g/mol. The van der Waals surface area contributed by atoms with Gasteiger partial charge in [-0.1, -0.05) is 43.5 Å². The van der Waals surface area contributed by atoms with Gasteiger partial charge in [0.1, 0.15) is 12.4 Å². The Morgan fingerprint density at radius 1 is 1.04 bits per heavy atom. The maximum absolute atomic E-state index is 14.5. The van der Waals surface area contributed by atoms with E-state index in [1.54, 1.807) is 26.2 Å². The van der Waals surface area contributed by atoms with Crippen LogP contribution in [0.25, 0.3) is 10.4 Å². The SMILES string of the molecule is COCCOc1cc2c(cc1-c1cc([N+](=O)COCCOC(C)C)c(C(=O)O)s1)S(=O)(=O)/C(C)=C/C(C1CCCCC1)CN2c1ccccc1. The van der Waals surface area contributed by atoms with E-state index in [1.165, 1.54) is 12.5 Å². The van der Waals surface area contributed by atoms with Crippen molar-refractivity contribution in [3.8, 4) is 16.2 Å². The highest BCUT2D eigenvalue weighted by Crippen LogP contribution is 2.48. The summed E-state index contributed by atoms with van der Waals surface area (Å²) >= 11 is 0.872. The zero-order chi connectivity index (χ0) is 35.8. The second-order valence-corrected chi connectivity index (χ2v) is 16.1. The maximum Gasteiger partial charge on any atom is 0.352 e. The Hall–Kier alpha value is -3.62. The molecular weight excluding hydrogens is 681 g/mol. The van der Waals surface area contributed by atoms with Gasteiger partial charge >= 0.3 is 12.7 Å². The van der Waals surface area contributed by atoms with Gasteiger partial charge in [0.05, 0.1) is 41.3 Å². The van der Waals surface area contributed by atoms with E-state index in [2.05, 4.69) is 4.90 Å². The summed E-state index contributed by atoms with van der Waals surface area (Å²) < 4.78 is 51.9. The Morgan fingerprint density at radius 2 is 1.78 bits per heavy atom. The van der Waals surface area contributed by atoms with Gasteiger partial charge < -0.3 is 29.0 Å². The summed E-state index contributed by atoms with van der Waals surface area (Å²) in [7, 11) is -2.45. The van der Waals surface area contributed by atoms with E-state index >= 15 is 0 Å². The lowest BCUT2D eigenvalue weighted by atomic mass is 9.79. The summed E-state index contributed by atoms with van der Waals surface area (Å²) in [6.07, 6.45) is 7.49. The van der Waals surface area contributed by atoms with Crippen LogP contribution in [0.5, 0.6) is 5.75 Å². The number of hydrogen-bond donors (Lipinski definition) is 1. The molecule has 11 nitrogen and oxygen atoms in total. The molecule has 1 aliphatic heterocycles. The summed E-state index contributed by atoms with van der Waals surface area (Å²) in [5, 5.41) is 10.1. The molecule has 5 rings (SSSR count). The van der Waals surface area contributed by atoms with Crippen LogP contribution in [0.15, 0.2) is 64.4 Å². The molecule has 0 radical (unpaired) electrons. The molecule has 0 spiro atoms. The van der Waals surface area contributed by atoms with E-state index in [0.717, 1.165) is 42.7 Å². The van der Waals surface area contributed by atoms with Crippen molar-refractivity contribution in [3.63, 3.8) is 0 Å². The van der Waals surface area contributed by atoms with Crippen LogP contribution >= 0.6 is 11.3 Å². The topological polar surface area (TPSA) is 132 Å². The molecule has 1 saturated carbocycles. The number of carboxylic acid groups (broad SMARTS) is 1. The van der Waals surface area contributed by atoms with Gasteiger partial charge in [-0.15, -0.1) is 11.3 Å². The van der Waals surface area contributed by atoms with Crippen LogP contribution in [0.3, 0.4) is 0 Å². The van der Waals surface area contributed by atoms with Gasteiger partial charge in [-0.25, -0.2) is 13.2 Å². The van der Waals surface area contributed by atoms with E-state index in [0.29, 0.717) is 39.1 Å². The summed E-state index contributed by atoms with van der Waals surface area (Å²) in [4.78, 5) is 28.1. The normalized spacial score (nSPS) is 18.9. The Labute approximate surface area is 298 Å². The number of thiophene rings is 1. The molecule has 1 aliphatic carbocycles. The molecule has 3 aromatic rings. The minimum atomic E-state index is -4.00. The van der Waals surface area contributed by atoms with Crippen LogP contribution in [0.1, 0.15) is 62.5 Å². The number of ether oxygens (including phenoxy) is 4. The highest BCUT2D eigenvalue weighted by Gasteiger charge is 2.35. The summed E-state index contributed by atoms with van der Waals surface area (Å²) in [5.74, 6) is -0.573. The Kier molecular flexibility index (Phi) is 12.8. The molecule has 1 unspecified atom stereocenters. The Morgan fingerprint density at radius 3 is 2.46 bits per heavy atom. The van der Waals surface area contributed by atoms with Gasteiger partial charge in [0, 0.05) is 51.7 Å². The fourth-order valence-electron chi connectivity index (χ4n) is 6.56. The van der Waals surface area contributed by atoms with E-state index in [4.69, 9.17) is 18.9 Å². The number of sulfone groups is 1. The molecule has 0 amide bonds. The molecule has 2 aliphatic rings. The molecule has 270 valence electrons. The Bertz CT molecular complexity index is 1780. The molecule has 1 atom stereocenters. The third-order valence-electron chi connectivity index (χ3n) is 9.10. The van der Waals surface area contributed by atoms with Gasteiger partial charge in [0.15, 0.2) is 4.88 Å². The van der Waals surface area contributed by atoms with Gasteiger partial charge in [0.25, 0.3) is 5.69 Å². The van der Waals surface area contributed by atoms with Crippen LogP contribution in [-0.4, -0.2) is 77.2 Å². The maximum atomic E-state index is 14.5. The molecule has 13 heteroatoms. The number of nitrogens with zero attached hydrogens (tertiary/aromatic N) is 2. The number of hydrogen-bond acceptors (Lipinski definition) is 10. The monoisotopic (exact) mass is 727 g/mol. The first-order valence-electron chi connectivity index (χ1n) is 17.1. The van der Waals surface area contributed by atoms with Crippen molar-refractivity contribution >= 4 is 44.2 Å². The summed E-state index contributed by atoms with van der Waals surface area (Å²) in [5.41, 5.74) is 1.57. The van der Waals surface area contributed by atoms with Gasteiger partial charge in [-0.3, -0.25) is 0 Å². The van der Waals surface area contributed by atoms with Crippen LogP contribution in [-0.2, 0) is 24.0 Å². The van der Waals surface area contributed by atoms with Gasteiger partial charge in [0.2, 0.25) is 9.84 Å². The fraction of sp³-hybridized carbons (Fsp3) is 0.486. The third-order valence-corrected chi connectivity index (χ3v) is 12.1. The van der Waals surface area contributed by atoms with Crippen molar-refractivity contribution in [3.05, 3.63) is 69.3 Å². The second-order valence-electron chi connectivity index (χ2n) is 12.9. The van der Waals surface area contributed by atoms with E-state index in [-0.39, 0.29) is 58.8 Å². The molecule has 2 aromatic carbocycles. The zero-order valence-corrected chi connectivity index (χ0v) is 30.8. The minimum Gasteiger partial charge on any atom is -0.490 e. The van der Waals surface area contributed by atoms with E-state index < -0.39 is 22.5 Å².